The standard InChI is InChI=1S/C10H13ClN2O2S/c11-10-2-1-9(12-13-10)7-8-3-5-16(14,15)6-4-8/h1-2,8H,3-7H2. The highest BCUT2D eigenvalue weighted by Crippen LogP contribution is 2.22. The number of sulfone groups is 1. The van der Waals surface area contributed by atoms with Crippen molar-refractivity contribution in [3.8, 4) is 0 Å². The van der Waals surface area contributed by atoms with Crippen molar-refractivity contribution in [3.05, 3.63) is 23.0 Å². The van der Waals surface area contributed by atoms with E-state index in [1.807, 2.05) is 6.07 Å². The largest absolute Gasteiger partial charge is 0.229 e. The van der Waals surface area contributed by atoms with E-state index in [0.29, 0.717) is 22.6 Å². The zero-order valence-corrected chi connectivity index (χ0v) is 10.3. The summed E-state index contributed by atoms with van der Waals surface area (Å²) in [6.07, 6.45) is 2.25. The van der Waals surface area contributed by atoms with Crippen molar-refractivity contribution in [1.29, 1.82) is 0 Å². The van der Waals surface area contributed by atoms with E-state index in [0.717, 1.165) is 25.0 Å². The molecule has 6 heteroatoms. The average molecular weight is 261 g/mol. The molecule has 0 unspecified atom stereocenters. The molecule has 2 heterocycles. The minimum absolute atomic E-state index is 0.304. The summed E-state index contributed by atoms with van der Waals surface area (Å²) in [5.41, 5.74) is 0.883. The molecule has 4 nitrogen and oxygen atoms in total. The molecule has 1 fully saturated rings. The number of hydrogen-bond donors (Lipinski definition) is 0. The van der Waals surface area contributed by atoms with E-state index in [9.17, 15) is 8.42 Å². The highest BCUT2D eigenvalue weighted by Gasteiger charge is 2.23. The van der Waals surface area contributed by atoms with Gasteiger partial charge in [0.1, 0.15) is 9.84 Å². The van der Waals surface area contributed by atoms with Gasteiger partial charge >= 0.3 is 0 Å². The molecular formula is C10H13ClN2O2S. The molecule has 1 aromatic rings. The summed E-state index contributed by atoms with van der Waals surface area (Å²) in [6.45, 7) is 0. The van der Waals surface area contributed by atoms with Crippen LogP contribution in [0.5, 0.6) is 0 Å². The van der Waals surface area contributed by atoms with Gasteiger partial charge in [0.15, 0.2) is 5.15 Å². The van der Waals surface area contributed by atoms with E-state index in [-0.39, 0.29) is 0 Å². The van der Waals surface area contributed by atoms with Crippen molar-refractivity contribution in [2.75, 3.05) is 11.5 Å². The second-order valence-electron chi connectivity index (χ2n) is 4.15. The summed E-state index contributed by atoms with van der Waals surface area (Å²) in [5.74, 6) is 1.01. The van der Waals surface area contributed by atoms with Gasteiger partial charge < -0.3 is 0 Å². The van der Waals surface area contributed by atoms with Gasteiger partial charge in [-0.25, -0.2) is 8.42 Å². The van der Waals surface area contributed by atoms with Crippen LogP contribution < -0.4 is 0 Å². The molecule has 1 saturated heterocycles. The quantitative estimate of drug-likeness (QED) is 0.809. The van der Waals surface area contributed by atoms with Crippen LogP contribution in [0.2, 0.25) is 5.15 Å². The van der Waals surface area contributed by atoms with E-state index in [2.05, 4.69) is 10.2 Å². The van der Waals surface area contributed by atoms with Gasteiger partial charge in [0.25, 0.3) is 0 Å². The molecule has 0 aliphatic carbocycles. The van der Waals surface area contributed by atoms with Gasteiger partial charge in [-0.05, 0) is 37.3 Å². The van der Waals surface area contributed by atoms with E-state index in [1.54, 1.807) is 6.07 Å². The molecule has 0 spiro atoms. The second-order valence-corrected chi connectivity index (χ2v) is 6.84. The molecule has 1 aromatic heterocycles. The molecule has 0 N–H and O–H groups in total. The molecule has 0 aromatic carbocycles. The zero-order valence-electron chi connectivity index (χ0n) is 8.76. The Hall–Kier alpha value is -0.680. The molecule has 0 saturated carbocycles. The third kappa shape index (κ3) is 3.15. The van der Waals surface area contributed by atoms with Crippen molar-refractivity contribution in [1.82, 2.24) is 10.2 Å². The molecule has 1 aliphatic heterocycles. The third-order valence-corrected chi connectivity index (χ3v) is 4.78. The summed E-state index contributed by atoms with van der Waals surface area (Å²) < 4.78 is 22.5. The fourth-order valence-corrected chi connectivity index (χ4v) is 3.58. The van der Waals surface area contributed by atoms with Crippen LogP contribution in [0.15, 0.2) is 12.1 Å². The number of nitrogens with zero attached hydrogens (tertiary/aromatic N) is 2. The van der Waals surface area contributed by atoms with Gasteiger partial charge in [0, 0.05) is 0 Å². The highest BCUT2D eigenvalue weighted by molar-refractivity contribution is 7.91. The second kappa shape index (κ2) is 4.67. The van der Waals surface area contributed by atoms with Crippen LogP contribution in [0.25, 0.3) is 0 Å². The minimum atomic E-state index is -2.77. The van der Waals surface area contributed by atoms with Gasteiger partial charge in [0.2, 0.25) is 0 Å². The minimum Gasteiger partial charge on any atom is -0.229 e. The summed E-state index contributed by atoms with van der Waals surface area (Å²) in [7, 11) is -2.77. The van der Waals surface area contributed by atoms with Gasteiger partial charge in [-0.15, -0.1) is 5.10 Å². The first-order chi connectivity index (χ1) is 7.55. The van der Waals surface area contributed by atoms with Crippen LogP contribution >= 0.6 is 11.6 Å². The van der Waals surface area contributed by atoms with E-state index in [1.165, 1.54) is 0 Å². The molecule has 0 atom stereocenters. The van der Waals surface area contributed by atoms with E-state index in [4.69, 9.17) is 11.6 Å². The van der Waals surface area contributed by atoms with Gasteiger partial charge in [-0.3, -0.25) is 0 Å². The van der Waals surface area contributed by atoms with Crippen LogP contribution in [-0.2, 0) is 16.3 Å². The topological polar surface area (TPSA) is 59.9 Å². The van der Waals surface area contributed by atoms with Crippen molar-refractivity contribution in [2.24, 2.45) is 5.92 Å². The number of halogens is 1. The van der Waals surface area contributed by atoms with E-state index >= 15 is 0 Å². The first-order valence-corrected chi connectivity index (χ1v) is 7.44. The van der Waals surface area contributed by atoms with Crippen LogP contribution in [0, 0.1) is 5.92 Å². The Labute approximate surface area is 100.0 Å². The molecule has 88 valence electrons. The summed E-state index contributed by atoms with van der Waals surface area (Å²) in [6, 6.07) is 3.56. The lowest BCUT2D eigenvalue weighted by atomic mass is 9.97. The smallest absolute Gasteiger partial charge is 0.151 e. The molecule has 0 radical (unpaired) electrons. The molecule has 0 bridgehead atoms. The van der Waals surface area contributed by atoms with Gasteiger partial charge in [-0.2, -0.15) is 5.10 Å². The Morgan fingerprint density at radius 1 is 1.25 bits per heavy atom. The lowest BCUT2D eigenvalue weighted by Crippen LogP contribution is -2.24. The normalized spacial score (nSPS) is 20.8. The number of rotatable bonds is 2. The maximum atomic E-state index is 11.2. The van der Waals surface area contributed by atoms with Crippen molar-refractivity contribution in [3.63, 3.8) is 0 Å². The van der Waals surface area contributed by atoms with Gasteiger partial charge in [-0.1, -0.05) is 11.6 Å². The fraction of sp³-hybridized carbons (Fsp3) is 0.600. The first kappa shape index (κ1) is 11.8. The Kier molecular flexibility index (Phi) is 3.44. The highest BCUT2D eigenvalue weighted by atomic mass is 35.5. The van der Waals surface area contributed by atoms with Crippen LogP contribution in [0.3, 0.4) is 0 Å². The van der Waals surface area contributed by atoms with Crippen molar-refractivity contribution in [2.45, 2.75) is 19.3 Å². The van der Waals surface area contributed by atoms with Crippen LogP contribution in [-0.4, -0.2) is 30.1 Å². The third-order valence-electron chi connectivity index (χ3n) is 2.86. The predicted octanol–water partition coefficient (Wildman–Crippen LogP) is 1.50. The summed E-state index contributed by atoms with van der Waals surface area (Å²) in [4.78, 5) is 0. The predicted molar refractivity (Wildman–Crippen MR) is 62.1 cm³/mol. The number of hydrogen-bond acceptors (Lipinski definition) is 4. The van der Waals surface area contributed by atoms with E-state index < -0.39 is 9.84 Å². The lowest BCUT2D eigenvalue weighted by molar-refractivity contribution is 0.457. The average Bonchev–Trinajstić information content (AvgIpc) is 2.24. The van der Waals surface area contributed by atoms with Crippen molar-refractivity contribution < 1.29 is 8.42 Å². The van der Waals surface area contributed by atoms with Crippen LogP contribution in [0.4, 0.5) is 0 Å². The fourth-order valence-electron chi connectivity index (χ4n) is 1.89. The molecule has 1 aliphatic rings. The van der Waals surface area contributed by atoms with Crippen LogP contribution in [0.1, 0.15) is 18.5 Å². The Balaban J connectivity index is 1.94. The van der Waals surface area contributed by atoms with Crippen molar-refractivity contribution >= 4 is 21.4 Å². The summed E-state index contributed by atoms with van der Waals surface area (Å²) in [5, 5.41) is 8.13. The lowest BCUT2D eigenvalue weighted by Gasteiger charge is -2.21. The maximum absolute atomic E-state index is 11.2. The maximum Gasteiger partial charge on any atom is 0.151 e. The Morgan fingerprint density at radius 2 is 1.94 bits per heavy atom. The Morgan fingerprint density at radius 3 is 2.50 bits per heavy atom. The molecule has 2 rings (SSSR count). The van der Waals surface area contributed by atoms with Gasteiger partial charge in [0.05, 0.1) is 17.2 Å². The molecule has 16 heavy (non-hydrogen) atoms. The molecule has 0 amide bonds. The SMILES string of the molecule is O=S1(=O)CCC(Cc2ccc(Cl)nn2)CC1. The first-order valence-electron chi connectivity index (χ1n) is 5.24. The number of aromatic nitrogens is 2. The zero-order chi connectivity index (χ0) is 11.6. The monoisotopic (exact) mass is 260 g/mol. The molecular weight excluding hydrogens is 248 g/mol. The Bertz CT molecular complexity index is 444. The summed E-state index contributed by atoms with van der Waals surface area (Å²) >= 11 is 5.64.